The highest BCUT2D eigenvalue weighted by Gasteiger charge is 2.19. The molecule has 84 valence electrons. The maximum Gasteiger partial charge on any atom is 0.352 e. The zero-order valence-electron chi connectivity index (χ0n) is 8.39. The largest absolute Gasteiger partial charge is 0.477 e. The fourth-order valence-corrected chi connectivity index (χ4v) is 1.96. The third-order valence-corrected chi connectivity index (χ3v) is 3.39. The van der Waals surface area contributed by atoms with Crippen molar-refractivity contribution in [1.82, 2.24) is 9.29 Å². The lowest BCUT2D eigenvalue weighted by Gasteiger charge is -1.99. The van der Waals surface area contributed by atoms with Crippen LogP contribution in [0.25, 0.3) is 0 Å². The molecule has 0 saturated heterocycles. The van der Waals surface area contributed by atoms with Crippen molar-refractivity contribution in [3.8, 4) is 0 Å². The van der Waals surface area contributed by atoms with Crippen LogP contribution >= 0.6 is 0 Å². The summed E-state index contributed by atoms with van der Waals surface area (Å²) in [6.07, 6.45) is 1.30. The van der Waals surface area contributed by atoms with Crippen molar-refractivity contribution in [1.29, 1.82) is 0 Å². The van der Waals surface area contributed by atoms with E-state index in [1.807, 2.05) is 0 Å². The summed E-state index contributed by atoms with van der Waals surface area (Å²) in [5.74, 6) is -1.14. The Balaban J connectivity index is 3.32. The normalized spacial score (nSPS) is 11.6. The van der Waals surface area contributed by atoms with Crippen LogP contribution in [0.2, 0.25) is 0 Å². The van der Waals surface area contributed by atoms with Gasteiger partial charge in [0.15, 0.2) is 0 Å². The monoisotopic (exact) mass is 232 g/mol. The van der Waals surface area contributed by atoms with Crippen molar-refractivity contribution >= 4 is 16.0 Å². The van der Waals surface area contributed by atoms with Gasteiger partial charge in [-0.05, 0) is 20.0 Å². The molecule has 0 atom stereocenters. The molecule has 1 heterocycles. The van der Waals surface area contributed by atoms with Gasteiger partial charge in [-0.15, -0.1) is 0 Å². The molecule has 15 heavy (non-hydrogen) atoms. The lowest BCUT2D eigenvalue weighted by Crippen LogP contribution is -2.17. The molecule has 0 unspecified atom stereocenters. The van der Waals surface area contributed by atoms with Crippen LogP contribution in [-0.4, -0.2) is 31.1 Å². The molecule has 2 N–H and O–H groups in total. The Hall–Kier alpha value is -1.34. The fraction of sp³-hybridized carbons (Fsp3) is 0.375. The molecule has 0 aliphatic rings. The maximum absolute atomic E-state index is 11.4. The average molecular weight is 232 g/mol. The summed E-state index contributed by atoms with van der Waals surface area (Å²) in [6, 6.07) is 1.14. The summed E-state index contributed by atoms with van der Waals surface area (Å²) in [4.78, 5) is 10.7. The first-order chi connectivity index (χ1) is 6.92. The van der Waals surface area contributed by atoms with Gasteiger partial charge in [0.05, 0.1) is 0 Å². The zero-order valence-corrected chi connectivity index (χ0v) is 9.21. The molecule has 1 aromatic heterocycles. The predicted molar refractivity (Wildman–Crippen MR) is 53.3 cm³/mol. The minimum atomic E-state index is -3.58. The fourth-order valence-electron chi connectivity index (χ4n) is 1.19. The van der Waals surface area contributed by atoms with Crippen LogP contribution in [0.4, 0.5) is 0 Å². The predicted octanol–water partition coefficient (Wildman–Crippen LogP) is 0.114. The highest BCUT2D eigenvalue weighted by molar-refractivity contribution is 7.89. The van der Waals surface area contributed by atoms with E-state index in [1.54, 1.807) is 6.92 Å². The summed E-state index contributed by atoms with van der Waals surface area (Å²) in [5, 5.41) is 8.81. The van der Waals surface area contributed by atoms with Crippen molar-refractivity contribution < 1.29 is 18.3 Å². The smallest absolute Gasteiger partial charge is 0.352 e. The molecule has 7 heteroatoms. The summed E-state index contributed by atoms with van der Waals surface area (Å²) in [6.45, 7) is 2.14. The minimum absolute atomic E-state index is 0.0358. The molecule has 0 spiro atoms. The lowest BCUT2D eigenvalue weighted by molar-refractivity contribution is 0.0685. The molecular formula is C8H12N2O4S. The van der Waals surface area contributed by atoms with Crippen LogP contribution in [0.15, 0.2) is 17.2 Å². The van der Waals surface area contributed by atoms with E-state index in [-0.39, 0.29) is 10.6 Å². The molecule has 0 saturated carbocycles. The van der Waals surface area contributed by atoms with E-state index < -0.39 is 16.0 Å². The second-order valence-corrected chi connectivity index (χ2v) is 4.75. The standard InChI is InChI=1S/C8H12N2O4S/c1-3-10-5-6(15(13,14)9-2)4-7(10)8(11)12/h4-5,9H,3H2,1-2H3,(H,11,12). The number of carboxylic acid groups (broad SMARTS) is 1. The Morgan fingerprint density at radius 2 is 2.20 bits per heavy atom. The van der Waals surface area contributed by atoms with Gasteiger partial charge in [0.25, 0.3) is 0 Å². The van der Waals surface area contributed by atoms with E-state index in [4.69, 9.17) is 5.11 Å². The molecule has 0 aliphatic heterocycles. The van der Waals surface area contributed by atoms with Gasteiger partial charge < -0.3 is 9.67 Å². The molecular weight excluding hydrogens is 220 g/mol. The van der Waals surface area contributed by atoms with Crippen molar-refractivity contribution in [3.05, 3.63) is 18.0 Å². The highest BCUT2D eigenvalue weighted by atomic mass is 32.2. The first-order valence-corrected chi connectivity index (χ1v) is 5.77. The van der Waals surface area contributed by atoms with E-state index in [0.717, 1.165) is 6.07 Å². The Bertz CT molecular complexity index is 475. The molecule has 0 aliphatic carbocycles. The van der Waals surface area contributed by atoms with Gasteiger partial charge in [-0.3, -0.25) is 0 Å². The van der Waals surface area contributed by atoms with Crippen LogP contribution in [0.3, 0.4) is 0 Å². The number of aryl methyl sites for hydroxylation is 1. The van der Waals surface area contributed by atoms with Crippen LogP contribution in [0.1, 0.15) is 17.4 Å². The van der Waals surface area contributed by atoms with Crippen LogP contribution < -0.4 is 4.72 Å². The van der Waals surface area contributed by atoms with Gasteiger partial charge >= 0.3 is 5.97 Å². The molecule has 1 rings (SSSR count). The summed E-state index contributed by atoms with van der Waals surface area (Å²) in [7, 11) is -2.30. The minimum Gasteiger partial charge on any atom is -0.477 e. The topological polar surface area (TPSA) is 88.4 Å². The average Bonchev–Trinajstić information content (AvgIpc) is 2.62. The maximum atomic E-state index is 11.4. The van der Waals surface area contributed by atoms with Crippen LogP contribution in [0, 0.1) is 0 Å². The Kier molecular flexibility index (Phi) is 3.15. The molecule has 1 aromatic rings. The highest BCUT2D eigenvalue weighted by Crippen LogP contribution is 2.14. The van der Waals surface area contributed by atoms with E-state index in [1.165, 1.54) is 17.8 Å². The van der Waals surface area contributed by atoms with Gasteiger partial charge in [0.1, 0.15) is 10.6 Å². The van der Waals surface area contributed by atoms with E-state index in [2.05, 4.69) is 4.72 Å². The second kappa shape index (κ2) is 4.03. The van der Waals surface area contributed by atoms with Gasteiger partial charge in [0.2, 0.25) is 10.0 Å². The van der Waals surface area contributed by atoms with Gasteiger partial charge in [-0.1, -0.05) is 0 Å². The molecule has 0 radical (unpaired) electrons. The van der Waals surface area contributed by atoms with Crippen molar-refractivity contribution in [3.63, 3.8) is 0 Å². The number of aromatic nitrogens is 1. The number of nitrogens with one attached hydrogen (secondary N) is 1. The second-order valence-electron chi connectivity index (χ2n) is 2.86. The van der Waals surface area contributed by atoms with Gasteiger partial charge in [-0.25, -0.2) is 17.9 Å². The number of rotatable bonds is 4. The first kappa shape index (κ1) is 11.7. The Morgan fingerprint density at radius 3 is 2.53 bits per heavy atom. The molecule has 0 aromatic carbocycles. The van der Waals surface area contributed by atoms with Gasteiger partial charge in [0, 0.05) is 12.7 Å². The third kappa shape index (κ3) is 2.18. The molecule has 0 bridgehead atoms. The Labute approximate surface area is 87.6 Å². The first-order valence-electron chi connectivity index (χ1n) is 4.29. The number of hydrogen-bond acceptors (Lipinski definition) is 3. The van der Waals surface area contributed by atoms with Crippen molar-refractivity contribution in [2.45, 2.75) is 18.4 Å². The number of carboxylic acids is 1. The zero-order chi connectivity index (χ0) is 11.6. The van der Waals surface area contributed by atoms with Crippen LogP contribution in [0.5, 0.6) is 0 Å². The quantitative estimate of drug-likeness (QED) is 0.771. The Morgan fingerprint density at radius 1 is 1.60 bits per heavy atom. The number of hydrogen-bond donors (Lipinski definition) is 2. The van der Waals surface area contributed by atoms with Crippen LogP contribution in [-0.2, 0) is 16.6 Å². The number of aromatic carboxylic acids is 1. The summed E-state index contributed by atoms with van der Waals surface area (Å²) >= 11 is 0. The molecule has 6 nitrogen and oxygen atoms in total. The van der Waals surface area contributed by atoms with Crippen molar-refractivity contribution in [2.24, 2.45) is 0 Å². The third-order valence-electron chi connectivity index (χ3n) is 2.01. The van der Waals surface area contributed by atoms with E-state index in [0.29, 0.717) is 6.54 Å². The SMILES string of the molecule is CCn1cc(S(=O)(=O)NC)cc1C(=O)O. The number of sulfonamides is 1. The molecule has 0 amide bonds. The summed E-state index contributed by atoms with van der Waals surface area (Å²) < 4.78 is 26.3. The number of carbonyl (C=O) groups is 1. The van der Waals surface area contributed by atoms with E-state index in [9.17, 15) is 13.2 Å². The number of nitrogens with zero attached hydrogens (tertiary/aromatic N) is 1. The van der Waals surface area contributed by atoms with Crippen molar-refractivity contribution in [2.75, 3.05) is 7.05 Å². The van der Waals surface area contributed by atoms with Gasteiger partial charge in [-0.2, -0.15) is 0 Å². The summed E-state index contributed by atoms with van der Waals surface area (Å²) in [5.41, 5.74) is -0.0358. The molecule has 0 fully saturated rings. The lowest BCUT2D eigenvalue weighted by atomic mass is 10.4. The van der Waals surface area contributed by atoms with E-state index >= 15 is 0 Å².